The van der Waals surface area contributed by atoms with E-state index in [2.05, 4.69) is 26.6 Å². The zero-order valence-corrected chi connectivity index (χ0v) is 11.2. The number of benzene rings is 1. The van der Waals surface area contributed by atoms with Crippen LogP contribution in [0.25, 0.3) is 0 Å². The van der Waals surface area contributed by atoms with Crippen molar-refractivity contribution in [3.63, 3.8) is 0 Å². The first kappa shape index (κ1) is 14.5. The summed E-state index contributed by atoms with van der Waals surface area (Å²) in [7, 11) is 0. The van der Waals surface area contributed by atoms with Crippen LogP contribution in [-0.4, -0.2) is 34.9 Å². The third kappa shape index (κ3) is 4.01. The van der Waals surface area contributed by atoms with Gasteiger partial charge in [-0.3, -0.25) is 0 Å². The second-order valence-corrected chi connectivity index (χ2v) is 4.49. The van der Waals surface area contributed by atoms with Crippen molar-refractivity contribution in [1.82, 2.24) is 5.32 Å². The number of aliphatic carboxylic acids is 1. The highest BCUT2D eigenvalue weighted by Crippen LogP contribution is 2.19. The van der Waals surface area contributed by atoms with E-state index in [9.17, 15) is 9.59 Å². The molecule has 98 valence electrons. The molecule has 1 aromatic rings. The lowest BCUT2D eigenvalue weighted by Gasteiger charge is -2.13. The fourth-order valence-corrected chi connectivity index (χ4v) is 1.48. The molecule has 1 rings (SSSR count). The van der Waals surface area contributed by atoms with Crippen molar-refractivity contribution < 1.29 is 19.8 Å². The van der Waals surface area contributed by atoms with E-state index in [1.165, 1.54) is 0 Å². The van der Waals surface area contributed by atoms with Crippen molar-refractivity contribution in [2.45, 2.75) is 13.0 Å². The van der Waals surface area contributed by atoms with Gasteiger partial charge in [-0.25, -0.2) is 9.59 Å². The summed E-state index contributed by atoms with van der Waals surface area (Å²) >= 11 is 3.33. The number of halogens is 1. The second-order valence-electron chi connectivity index (χ2n) is 3.64. The van der Waals surface area contributed by atoms with E-state index < -0.39 is 24.6 Å². The Balaban J connectivity index is 2.64. The monoisotopic (exact) mass is 316 g/mol. The number of aryl methyl sites for hydroxylation is 1. The number of carboxylic acid groups (broad SMARTS) is 1. The minimum Gasteiger partial charge on any atom is -0.480 e. The van der Waals surface area contributed by atoms with E-state index in [-0.39, 0.29) is 0 Å². The predicted molar refractivity (Wildman–Crippen MR) is 69.5 cm³/mol. The normalized spacial score (nSPS) is 11.7. The van der Waals surface area contributed by atoms with Gasteiger partial charge >= 0.3 is 12.0 Å². The van der Waals surface area contributed by atoms with Crippen molar-refractivity contribution in [3.8, 4) is 0 Å². The van der Waals surface area contributed by atoms with Crippen LogP contribution in [0.15, 0.2) is 22.7 Å². The van der Waals surface area contributed by atoms with Gasteiger partial charge in [0.25, 0.3) is 0 Å². The van der Waals surface area contributed by atoms with Crippen molar-refractivity contribution in [1.29, 1.82) is 0 Å². The molecule has 2 amide bonds. The molecule has 7 heteroatoms. The summed E-state index contributed by atoms with van der Waals surface area (Å²) < 4.78 is 0.909. The number of aliphatic hydroxyl groups is 1. The number of anilines is 1. The number of aliphatic hydroxyl groups excluding tert-OH is 1. The van der Waals surface area contributed by atoms with Crippen LogP contribution >= 0.6 is 15.9 Å². The molecule has 1 atom stereocenters. The number of carboxylic acids is 1. The van der Waals surface area contributed by atoms with E-state index in [0.717, 1.165) is 10.0 Å². The molecule has 0 aliphatic carbocycles. The lowest BCUT2D eigenvalue weighted by atomic mass is 10.2. The minimum absolute atomic E-state index is 0.537. The number of amides is 2. The smallest absolute Gasteiger partial charge is 0.328 e. The Morgan fingerprint density at radius 1 is 1.44 bits per heavy atom. The maximum Gasteiger partial charge on any atom is 0.328 e. The second kappa shape index (κ2) is 6.36. The van der Waals surface area contributed by atoms with Crippen LogP contribution in [-0.2, 0) is 4.79 Å². The first-order valence-electron chi connectivity index (χ1n) is 5.11. The summed E-state index contributed by atoms with van der Waals surface area (Å²) in [6.45, 7) is 1.20. The molecule has 1 unspecified atom stereocenters. The van der Waals surface area contributed by atoms with Gasteiger partial charge in [-0.05, 0) is 30.7 Å². The third-order valence-corrected chi connectivity index (χ3v) is 3.09. The molecule has 6 nitrogen and oxygen atoms in total. The molecule has 0 bridgehead atoms. The van der Waals surface area contributed by atoms with Gasteiger partial charge in [-0.1, -0.05) is 15.9 Å². The van der Waals surface area contributed by atoms with Gasteiger partial charge in [0.1, 0.15) is 0 Å². The number of urea groups is 1. The van der Waals surface area contributed by atoms with E-state index >= 15 is 0 Å². The Kier molecular flexibility index (Phi) is 5.11. The number of hydrogen-bond acceptors (Lipinski definition) is 3. The summed E-state index contributed by atoms with van der Waals surface area (Å²) in [6.07, 6.45) is 0. The highest BCUT2D eigenvalue weighted by atomic mass is 79.9. The molecular weight excluding hydrogens is 304 g/mol. The molecule has 0 saturated carbocycles. The van der Waals surface area contributed by atoms with Crippen molar-refractivity contribution in [3.05, 3.63) is 28.2 Å². The average Bonchev–Trinajstić information content (AvgIpc) is 2.30. The zero-order chi connectivity index (χ0) is 13.7. The van der Waals surface area contributed by atoms with E-state index in [4.69, 9.17) is 10.2 Å². The van der Waals surface area contributed by atoms with Crippen LogP contribution in [0.3, 0.4) is 0 Å². The predicted octanol–water partition coefficient (Wildman–Crippen LogP) is 1.32. The third-order valence-electron chi connectivity index (χ3n) is 2.20. The summed E-state index contributed by atoms with van der Waals surface area (Å²) in [4.78, 5) is 22.1. The largest absolute Gasteiger partial charge is 0.480 e. The first-order valence-corrected chi connectivity index (χ1v) is 5.90. The number of rotatable bonds is 4. The topological polar surface area (TPSA) is 98.7 Å². The van der Waals surface area contributed by atoms with Crippen molar-refractivity contribution in [2.24, 2.45) is 0 Å². The molecule has 0 aromatic heterocycles. The molecule has 0 aliphatic rings. The molecule has 0 saturated heterocycles. The quantitative estimate of drug-likeness (QED) is 0.673. The van der Waals surface area contributed by atoms with Gasteiger partial charge in [0.05, 0.1) is 6.61 Å². The summed E-state index contributed by atoms with van der Waals surface area (Å²) in [5.41, 5.74) is 1.47. The SMILES string of the molecule is Cc1cc(NC(=O)NC(CO)C(=O)O)ccc1Br. The van der Waals surface area contributed by atoms with Crippen molar-refractivity contribution >= 4 is 33.6 Å². The van der Waals surface area contributed by atoms with Gasteiger partial charge in [0.15, 0.2) is 6.04 Å². The number of nitrogens with one attached hydrogen (secondary N) is 2. The molecule has 0 radical (unpaired) electrons. The Morgan fingerprint density at radius 2 is 2.11 bits per heavy atom. The van der Waals surface area contributed by atoms with Crippen LogP contribution in [0.1, 0.15) is 5.56 Å². The average molecular weight is 317 g/mol. The van der Waals surface area contributed by atoms with Crippen LogP contribution in [0, 0.1) is 6.92 Å². The molecule has 4 N–H and O–H groups in total. The van der Waals surface area contributed by atoms with Crippen LogP contribution in [0.4, 0.5) is 10.5 Å². The van der Waals surface area contributed by atoms with Crippen LogP contribution in [0.5, 0.6) is 0 Å². The number of hydrogen-bond donors (Lipinski definition) is 4. The van der Waals surface area contributed by atoms with E-state index in [0.29, 0.717) is 5.69 Å². The maximum atomic E-state index is 11.5. The number of carbonyl (C=O) groups is 2. The molecule has 18 heavy (non-hydrogen) atoms. The number of carbonyl (C=O) groups excluding carboxylic acids is 1. The van der Waals surface area contributed by atoms with Crippen LogP contribution < -0.4 is 10.6 Å². The van der Waals surface area contributed by atoms with Gasteiger partial charge in [0, 0.05) is 10.2 Å². The first-order chi connectivity index (χ1) is 8.43. The fraction of sp³-hybridized carbons (Fsp3) is 0.273. The van der Waals surface area contributed by atoms with E-state index in [1.54, 1.807) is 18.2 Å². The molecule has 0 heterocycles. The highest BCUT2D eigenvalue weighted by Gasteiger charge is 2.18. The maximum absolute atomic E-state index is 11.5. The van der Waals surface area contributed by atoms with Gasteiger partial charge in [-0.2, -0.15) is 0 Å². The molecular formula is C11H13BrN2O4. The molecule has 0 spiro atoms. The Hall–Kier alpha value is -1.60. The highest BCUT2D eigenvalue weighted by molar-refractivity contribution is 9.10. The summed E-state index contributed by atoms with van der Waals surface area (Å²) in [5, 5.41) is 22.0. The summed E-state index contributed by atoms with van der Waals surface area (Å²) in [5.74, 6) is -1.29. The zero-order valence-electron chi connectivity index (χ0n) is 9.61. The summed E-state index contributed by atoms with van der Waals surface area (Å²) in [6, 6.07) is 3.18. The van der Waals surface area contributed by atoms with Crippen LogP contribution in [0.2, 0.25) is 0 Å². The Labute approximate surface area is 112 Å². The molecule has 1 aromatic carbocycles. The Morgan fingerprint density at radius 3 is 2.61 bits per heavy atom. The lowest BCUT2D eigenvalue weighted by molar-refractivity contribution is -0.140. The minimum atomic E-state index is -1.32. The van der Waals surface area contributed by atoms with E-state index in [1.807, 2.05) is 6.92 Å². The van der Waals surface area contributed by atoms with Crippen molar-refractivity contribution in [2.75, 3.05) is 11.9 Å². The fourth-order valence-electron chi connectivity index (χ4n) is 1.23. The van der Waals surface area contributed by atoms with Gasteiger partial charge < -0.3 is 20.8 Å². The Bertz CT molecular complexity index is 464. The molecule has 0 fully saturated rings. The standard InChI is InChI=1S/C11H13BrN2O4/c1-6-4-7(2-3-8(6)12)13-11(18)14-9(5-15)10(16)17/h2-4,9,15H,5H2,1H3,(H,16,17)(H2,13,14,18). The van der Waals surface area contributed by atoms with Gasteiger partial charge in [-0.15, -0.1) is 0 Å². The molecule has 0 aliphatic heterocycles. The van der Waals surface area contributed by atoms with Gasteiger partial charge in [0.2, 0.25) is 0 Å². The lowest BCUT2D eigenvalue weighted by Crippen LogP contribution is -2.45.